The Morgan fingerprint density at radius 1 is 1.23 bits per heavy atom. The Morgan fingerprint density at radius 2 is 1.96 bits per heavy atom. The zero-order chi connectivity index (χ0) is 18.4. The Hall–Kier alpha value is -2.26. The van der Waals surface area contributed by atoms with Crippen molar-refractivity contribution >= 4 is 23.3 Å². The van der Waals surface area contributed by atoms with Gasteiger partial charge in [-0.25, -0.2) is 4.79 Å². The number of nitrogens with one attached hydrogen (secondary N) is 1. The summed E-state index contributed by atoms with van der Waals surface area (Å²) in [5.41, 5.74) is 4.67. The molecular weight excluding hydrogens is 346 g/mol. The van der Waals surface area contributed by atoms with Gasteiger partial charge in [-0.3, -0.25) is 0 Å². The monoisotopic (exact) mass is 367 g/mol. The lowest BCUT2D eigenvalue weighted by Gasteiger charge is -2.38. The van der Waals surface area contributed by atoms with E-state index in [9.17, 15) is 9.90 Å². The van der Waals surface area contributed by atoms with Gasteiger partial charge in [0.2, 0.25) is 0 Å². The lowest BCUT2D eigenvalue weighted by Crippen LogP contribution is -2.29. The molecule has 3 atom stereocenters. The average Bonchev–Trinajstić information content (AvgIpc) is 3.11. The first kappa shape index (κ1) is 17.2. The van der Waals surface area contributed by atoms with E-state index < -0.39 is 5.97 Å². The molecule has 134 valence electrons. The predicted octanol–water partition coefficient (Wildman–Crippen LogP) is 5.99. The molecule has 26 heavy (non-hydrogen) atoms. The van der Waals surface area contributed by atoms with Crippen LogP contribution in [0.2, 0.25) is 5.02 Å². The van der Waals surface area contributed by atoms with Crippen molar-refractivity contribution in [1.29, 1.82) is 0 Å². The zero-order valence-electron chi connectivity index (χ0n) is 14.9. The van der Waals surface area contributed by atoms with Gasteiger partial charge in [-0.05, 0) is 47.1 Å². The molecule has 2 N–H and O–H groups in total. The van der Waals surface area contributed by atoms with Crippen LogP contribution in [-0.4, -0.2) is 11.1 Å². The Balaban J connectivity index is 1.76. The minimum atomic E-state index is -0.945. The molecule has 0 saturated carbocycles. The highest BCUT2D eigenvalue weighted by atomic mass is 35.5. The molecule has 0 spiro atoms. The Morgan fingerprint density at radius 3 is 2.62 bits per heavy atom. The number of fused-ring (bicyclic) bond motifs is 3. The fraction of sp³-hybridized carbons (Fsp3) is 0.318. The molecule has 0 bridgehead atoms. The maximum absolute atomic E-state index is 11.4. The average molecular weight is 368 g/mol. The summed E-state index contributed by atoms with van der Waals surface area (Å²) in [6.07, 6.45) is 5.37. The molecule has 2 aromatic carbocycles. The summed E-state index contributed by atoms with van der Waals surface area (Å²) in [4.78, 5) is 11.4. The molecule has 1 aliphatic carbocycles. The molecule has 1 heterocycles. The van der Waals surface area contributed by atoms with Crippen LogP contribution in [0.15, 0.2) is 48.6 Å². The van der Waals surface area contributed by atoms with Crippen molar-refractivity contribution in [2.75, 3.05) is 5.32 Å². The molecule has 2 aromatic rings. The second-order valence-corrected chi connectivity index (χ2v) is 7.93. The fourth-order valence-corrected chi connectivity index (χ4v) is 4.48. The third-order valence-corrected chi connectivity index (χ3v) is 5.93. The van der Waals surface area contributed by atoms with Crippen LogP contribution in [0.5, 0.6) is 0 Å². The van der Waals surface area contributed by atoms with Crippen LogP contribution in [0.25, 0.3) is 0 Å². The third-order valence-electron chi connectivity index (χ3n) is 5.63. The summed E-state index contributed by atoms with van der Waals surface area (Å²) in [6.45, 7) is 4.39. The number of hydrogen-bond acceptors (Lipinski definition) is 2. The first-order valence-electron chi connectivity index (χ1n) is 9.05. The van der Waals surface area contributed by atoms with Gasteiger partial charge in [-0.2, -0.15) is 0 Å². The lowest BCUT2D eigenvalue weighted by molar-refractivity contribution is 0.0696. The molecule has 3 nitrogen and oxygen atoms in total. The predicted molar refractivity (Wildman–Crippen MR) is 105 cm³/mol. The summed E-state index contributed by atoms with van der Waals surface area (Å²) >= 11 is 6.45. The molecule has 2 unspecified atom stereocenters. The van der Waals surface area contributed by atoms with Crippen LogP contribution in [0, 0.1) is 5.92 Å². The summed E-state index contributed by atoms with van der Waals surface area (Å²) in [5, 5.41) is 13.4. The van der Waals surface area contributed by atoms with Gasteiger partial charge in [0.25, 0.3) is 0 Å². The Kier molecular flexibility index (Phi) is 4.28. The summed E-state index contributed by atoms with van der Waals surface area (Å²) in [7, 11) is 0. The van der Waals surface area contributed by atoms with Crippen molar-refractivity contribution in [1.82, 2.24) is 0 Å². The van der Waals surface area contributed by atoms with E-state index in [4.69, 9.17) is 11.6 Å². The summed E-state index contributed by atoms with van der Waals surface area (Å²) in [6, 6.07) is 12.3. The second kappa shape index (κ2) is 6.48. The van der Waals surface area contributed by atoms with Gasteiger partial charge in [0, 0.05) is 5.92 Å². The van der Waals surface area contributed by atoms with Crippen LogP contribution in [0.4, 0.5) is 5.69 Å². The smallest absolute Gasteiger partial charge is 0.335 e. The first-order chi connectivity index (χ1) is 12.5. The summed E-state index contributed by atoms with van der Waals surface area (Å²) in [5.74, 6) is 0.124. The van der Waals surface area contributed by atoms with Crippen molar-refractivity contribution in [2.45, 2.75) is 38.1 Å². The van der Waals surface area contributed by atoms with Crippen molar-refractivity contribution in [3.05, 3.63) is 75.8 Å². The van der Waals surface area contributed by atoms with Gasteiger partial charge < -0.3 is 10.4 Å². The van der Waals surface area contributed by atoms with E-state index in [-0.39, 0.29) is 17.5 Å². The van der Waals surface area contributed by atoms with Gasteiger partial charge in [-0.1, -0.05) is 61.9 Å². The van der Waals surface area contributed by atoms with Crippen molar-refractivity contribution < 1.29 is 9.90 Å². The number of benzene rings is 2. The topological polar surface area (TPSA) is 49.3 Å². The molecule has 0 amide bonds. The van der Waals surface area contributed by atoms with Crippen LogP contribution in [-0.2, 0) is 0 Å². The molecule has 0 saturated heterocycles. The summed E-state index contributed by atoms with van der Waals surface area (Å²) < 4.78 is 0. The van der Waals surface area contributed by atoms with E-state index in [1.165, 1.54) is 17.2 Å². The van der Waals surface area contributed by atoms with E-state index in [0.717, 1.165) is 17.7 Å². The largest absolute Gasteiger partial charge is 0.478 e. The van der Waals surface area contributed by atoms with Crippen molar-refractivity contribution in [3.63, 3.8) is 0 Å². The third kappa shape index (κ3) is 2.80. The van der Waals surface area contributed by atoms with Crippen LogP contribution < -0.4 is 5.32 Å². The quantitative estimate of drug-likeness (QED) is 0.655. The highest BCUT2D eigenvalue weighted by molar-refractivity contribution is 6.33. The SMILES string of the molecule is CC(C)c1ccc([C@@H]2Nc3c(Cl)cc(C(=O)O)cc3C3C=CCC32)cc1. The zero-order valence-corrected chi connectivity index (χ0v) is 15.6. The molecule has 1 aliphatic heterocycles. The number of aromatic carboxylic acids is 1. The molecule has 4 rings (SSSR count). The van der Waals surface area contributed by atoms with Gasteiger partial charge in [0.1, 0.15) is 0 Å². The minimum absolute atomic E-state index is 0.164. The van der Waals surface area contributed by atoms with Crippen LogP contribution in [0.3, 0.4) is 0 Å². The highest BCUT2D eigenvalue weighted by Gasteiger charge is 2.39. The molecule has 0 aromatic heterocycles. The van der Waals surface area contributed by atoms with Gasteiger partial charge in [0.15, 0.2) is 0 Å². The van der Waals surface area contributed by atoms with Crippen LogP contribution in [0.1, 0.15) is 65.2 Å². The van der Waals surface area contributed by atoms with E-state index in [1.54, 1.807) is 6.07 Å². The van der Waals surface area contributed by atoms with E-state index in [1.807, 2.05) is 0 Å². The Labute approximate surface area is 158 Å². The number of allylic oxidation sites excluding steroid dienone is 2. The number of carboxylic acids is 1. The fourth-order valence-electron chi connectivity index (χ4n) is 4.20. The lowest BCUT2D eigenvalue weighted by atomic mass is 9.76. The maximum atomic E-state index is 11.4. The maximum Gasteiger partial charge on any atom is 0.335 e. The number of rotatable bonds is 3. The van der Waals surface area contributed by atoms with Crippen molar-refractivity contribution in [3.8, 4) is 0 Å². The highest BCUT2D eigenvalue weighted by Crippen LogP contribution is 2.51. The number of carboxylic acid groups (broad SMARTS) is 1. The molecule has 0 radical (unpaired) electrons. The second-order valence-electron chi connectivity index (χ2n) is 7.52. The number of halogens is 1. The van der Waals surface area contributed by atoms with E-state index in [2.05, 4.69) is 55.6 Å². The van der Waals surface area contributed by atoms with E-state index >= 15 is 0 Å². The standard InChI is InChI=1S/C22H22ClNO2/c1-12(2)13-6-8-14(9-7-13)20-17-5-3-4-16(17)18-10-15(22(25)26)11-19(23)21(18)24-20/h3-4,6-12,16-17,20,24H,5H2,1-2H3,(H,25,26)/t16?,17?,20-/m0/s1. The van der Waals surface area contributed by atoms with Crippen LogP contribution >= 0.6 is 11.6 Å². The van der Waals surface area contributed by atoms with E-state index in [0.29, 0.717) is 16.9 Å². The molecular formula is C22H22ClNO2. The number of hydrogen-bond donors (Lipinski definition) is 2. The van der Waals surface area contributed by atoms with Gasteiger partial charge in [-0.15, -0.1) is 0 Å². The first-order valence-corrected chi connectivity index (χ1v) is 9.43. The molecule has 2 aliphatic rings. The van der Waals surface area contributed by atoms with Crippen molar-refractivity contribution in [2.24, 2.45) is 5.92 Å². The van der Waals surface area contributed by atoms with Gasteiger partial charge >= 0.3 is 5.97 Å². The number of carbonyl (C=O) groups is 1. The molecule has 0 fully saturated rings. The number of anilines is 1. The normalized spacial score (nSPS) is 23.5. The van der Waals surface area contributed by atoms with Gasteiger partial charge in [0.05, 0.1) is 22.3 Å². The molecule has 4 heteroatoms. The Bertz CT molecular complexity index is 886. The minimum Gasteiger partial charge on any atom is -0.478 e.